The van der Waals surface area contributed by atoms with Crippen LogP contribution in [0, 0.1) is 0 Å². The summed E-state index contributed by atoms with van der Waals surface area (Å²) >= 11 is 0. The molecule has 0 radical (unpaired) electrons. The number of nitrogens with two attached hydrogens (primary N) is 1. The fourth-order valence-corrected chi connectivity index (χ4v) is 1.93. The summed E-state index contributed by atoms with van der Waals surface area (Å²) in [6.07, 6.45) is 7.42. The Bertz CT molecular complexity index is 377. The van der Waals surface area contributed by atoms with Crippen LogP contribution in [0.2, 0.25) is 0 Å². The summed E-state index contributed by atoms with van der Waals surface area (Å²) in [5, 5.41) is 0. The summed E-state index contributed by atoms with van der Waals surface area (Å²) in [7, 11) is 0. The first-order chi connectivity index (χ1) is 6.84. The number of nitrogens with zero attached hydrogens (tertiary/aromatic N) is 4. The monoisotopic (exact) mass is 191 g/mol. The van der Waals surface area contributed by atoms with E-state index in [4.69, 9.17) is 5.84 Å². The molecular weight excluding hydrogens is 178 g/mol. The molecule has 0 amide bonds. The van der Waals surface area contributed by atoms with Crippen LogP contribution in [0.3, 0.4) is 0 Å². The summed E-state index contributed by atoms with van der Waals surface area (Å²) in [6, 6.07) is 0.676. The van der Waals surface area contributed by atoms with Gasteiger partial charge in [0.25, 0.3) is 0 Å². The predicted molar refractivity (Wildman–Crippen MR) is 53.7 cm³/mol. The maximum atomic E-state index is 5.65. The maximum Gasteiger partial charge on any atom is 0.177 e. The average molecular weight is 191 g/mol. The Hall–Kier alpha value is -1.52. The molecule has 3 rings (SSSR count). The van der Waals surface area contributed by atoms with Gasteiger partial charge in [-0.15, -0.1) is 0 Å². The van der Waals surface area contributed by atoms with E-state index in [1.807, 2.05) is 6.34 Å². The smallest absolute Gasteiger partial charge is 0.177 e. The number of nitrogen functional groups attached to an aromatic ring is 1. The Labute approximate surface area is 82.2 Å². The molecule has 1 saturated carbocycles. The van der Waals surface area contributed by atoms with Crippen molar-refractivity contribution in [2.45, 2.75) is 31.8 Å². The van der Waals surface area contributed by atoms with Crippen LogP contribution in [0.1, 0.15) is 25.0 Å². The van der Waals surface area contributed by atoms with E-state index in [1.54, 1.807) is 6.33 Å². The van der Waals surface area contributed by atoms with Gasteiger partial charge in [0.15, 0.2) is 5.82 Å². The minimum Gasteiger partial charge on any atom is -0.354 e. The van der Waals surface area contributed by atoms with Crippen molar-refractivity contribution in [2.24, 2.45) is 4.99 Å². The number of fused-ring (bicyclic) bond motifs is 1. The van der Waals surface area contributed by atoms with Gasteiger partial charge in [-0.25, -0.2) is 14.7 Å². The lowest BCUT2D eigenvalue weighted by molar-refractivity contribution is 0.205. The molecule has 1 aromatic rings. The van der Waals surface area contributed by atoms with Crippen molar-refractivity contribution in [3.8, 4) is 0 Å². The highest BCUT2D eigenvalue weighted by molar-refractivity contribution is 5.64. The molecule has 0 spiro atoms. The van der Waals surface area contributed by atoms with Gasteiger partial charge in [0.1, 0.15) is 12.0 Å². The van der Waals surface area contributed by atoms with Crippen molar-refractivity contribution < 1.29 is 0 Å². The Kier molecular flexibility index (Phi) is 1.53. The fourth-order valence-electron chi connectivity index (χ4n) is 1.93. The molecule has 1 aliphatic carbocycles. The van der Waals surface area contributed by atoms with Gasteiger partial charge >= 0.3 is 0 Å². The molecule has 0 atom stereocenters. The third-order valence-corrected chi connectivity index (χ3v) is 3.05. The minimum atomic E-state index is 0.676. The second kappa shape index (κ2) is 2.73. The molecule has 1 fully saturated rings. The molecule has 0 aromatic carbocycles. The standard InChI is InChI=1S/C9H13N5/c10-14-6-11-8-4-13(5-12-9(8)14)7-2-1-3-7/h5-7H,1-4,10H2. The van der Waals surface area contributed by atoms with E-state index >= 15 is 0 Å². The lowest BCUT2D eigenvalue weighted by Gasteiger charge is -2.37. The molecular formula is C9H13N5. The van der Waals surface area contributed by atoms with Crippen LogP contribution in [0.4, 0.5) is 5.82 Å². The zero-order valence-corrected chi connectivity index (χ0v) is 7.93. The first-order valence-electron chi connectivity index (χ1n) is 4.96. The van der Waals surface area contributed by atoms with E-state index in [2.05, 4.69) is 14.9 Å². The molecule has 2 aliphatic rings. The van der Waals surface area contributed by atoms with Crippen molar-refractivity contribution in [2.75, 3.05) is 5.84 Å². The van der Waals surface area contributed by atoms with Crippen molar-refractivity contribution in [1.82, 2.24) is 14.6 Å². The van der Waals surface area contributed by atoms with Gasteiger partial charge in [0, 0.05) is 6.04 Å². The molecule has 1 aliphatic heterocycles. The molecule has 74 valence electrons. The van der Waals surface area contributed by atoms with Crippen LogP contribution < -0.4 is 5.84 Å². The molecule has 2 heterocycles. The van der Waals surface area contributed by atoms with Gasteiger partial charge in [-0.05, 0) is 19.3 Å². The molecule has 0 bridgehead atoms. The number of aliphatic imine (C=N–C) groups is 1. The van der Waals surface area contributed by atoms with Crippen LogP contribution in [0.5, 0.6) is 0 Å². The molecule has 5 nitrogen and oxygen atoms in total. The molecule has 1 aromatic heterocycles. The molecule has 2 N–H and O–H groups in total. The van der Waals surface area contributed by atoms with E-state index in [-0.39, 0.29) is 0 Å². The van der Waals surface area contributed by atoms with Crippen molar-refractivity contribution in [1.29, 1.82) is 0 Å². The molecule has 14 heavy (non-hydrogen) atoms. The highest BCUT2D eigenvalue weighted by Gasteiger charge is 2.26. The minimum absolute atomic E-state index is 0.676. The number of imidazole rings is 1. The number of hydrogen-bond acceptors (Lipinski definition) is 4. The van der Waals surface area contributed by atoms with E-state index in [1.165, 1.54) is 23.9 Å². The second-order valence-electron chi connectivity index (χ2n) is 3.92. The third-order valence-electron chi connectivity index (χ3n) is 3.05. The van der Waals surface area contributed by atoms with Crippen LogP contribution in [0.15, 0.2) is 11.3 Å². The van der Waals surface area contributed by atoms with E-state index in [0.717, 1.165) is 18.1 Å². The largest absolute Gasteiger partial charge is 0.354 e. The van der Waals surface area contributed by atoms with Crippen LogP contribution in [-0.4, -0.2) is 26.9 Å². The van der Waals surface area contributed by atoms with E-state index in [9.17, 15) is 0 Å². The highest BCUT2D eigenvalue weighted by atomic mass is 15.4. The van der Waals surface area contributed by atoms with Crippen molar-refractivity contribution in [3.63, 3.8) is 0 Å². The molecule has 5 heteroatoms. The van der Waals surface area contributed by atoms with E-state index in [0.29, 0.717) is 6.04 Å². The molecule has 0 saturated heterocycles. The maximum absolute atomic E-state index is 5.65. The number of aromatic nitrogens is 2. The van der Waals surface area contributed by atoms with Gasteiger partial charge < -0.3 is 10.7 Å². The van der Waals surface area contributed by atoms with Crippen LogP contribution in [-0.2, 0) is 6.54 Å². The number of rotatable bonds is 1. The van der Waals surface area contributed by atoms with Crippen molar-refractivity contribution in [3.05, 3.63) is 12.0 Å². The summed E-state index contributed by atoms with van der Waals surface area (Å²) in [4.78, 5) is 10.8. The zero-order valence-electron chi connectivity index (χ0n) is 7.93. The van der Waals surface area contributed by atoms with Crippen LogP contribution >= 0.6 is 0 Å². The Morgan fingerprint density at radius 3 is 3.00 bits per heavy atom. The summed E-state index contributed by atoms with van der Waals surface area (Å²) in [6.45, 7) is 0.855. The predicted octanol–water partition coefficient (Wildman–Crippen LogP) is 0.625. The summed E-state index contributed by atoms with van der Waals surface area (Å²) in [5.74, 6) is 6.44. The number of hydrogen-bond donors (Lipinski definition) is 1. The quantitative estimate of drug-likeness (QED) is 0.662. The van der Waals surface area contributed by atoms with Gasteiger partial charge in [0.2, 0.25) is 0 Å². The van der Waals surface area contributed by atoms with Crippen molar-refractivity contribution >= 4 is 12.2 Å². The normalized spacial score (nSPS) is 20.7. The first kappa shape index (κ1) is 7.84. The Balaban J connectivity index is 1.86. The Morgan fingerprint density at radius 1 is 1.43 bits per heavy atom. The van der Waals surface area contributed by atoms with Crippen LogP contribution in [0.25, 0.3) is 0 Å². The second-order valence-corrected chi connectivity index (χ2v) is 3.92. The highest BCUT2D eigenvalue weighted by Crippen LogP contribution is 2.29. The van der Waals surface area contributed by atoms with Gasteiger partial charge in [-0.3, -0.25) is 0 Å². The van der Waals surface area contributed by atoms with Gasteiger partial charge in [-0.2, -0.15) is 0 Å². The lowest BCUT2D eigenvalue weighted by Crippen LogP contribution is -2.39. The SMILES string of the molecule is Nn1cnc2c1N=CN(C1CCC1)C2. The van der Waals surface area contributed by atoms with E-state index < -0.39 is 0 Å². The third kappa shape index (κ3) is 1.01. The Morgan fingerprint density at radius 2 is 2.29 bits per heavy atom. The topological polar surface area (TPSA) is 59.4 Å². The summed E-state index contributed by atoms with van der Waals surface area (Å²) < 4.78 is 1.48. The average Bonchev–Trinajstić information content (AvgIpc) is 2.45. The van der Waals surface area contributed by atoms with Gasteiger partial charge in [-0.1, -0.05) is 0 Å². The zero-order chi connectivity index (χ0) is 9.54. The lowest BCUT2D eigenvalue weighted by atomic mass is 9.91. The summed E-state index contributed by atoms with van der Waals surface area (Å²) in [5.41, 5.74) is 0.988. The van der Waals surface area contributed by atoms with Gasteiger partial charge in [0.05, 0.1) is 12.9 Å². The molecule has 0 unspecified atom stereocenters. The fraction of sp³-hybridized carbons (Fsp3) is 0.556. The first-order valence-corrected chi connectivity index (χ1v) is 4.96.